The molecule has 5 rings (SSSR count). The lowest BCUT2D eigenvalue weighted by molar-refractivity contribution is -0.116. The molecule has 2 heterocycles. The molecular weight excluding hydrogens is 422 g/mol. The molecule has 5 N–H and O–H groups in total. The Bertz CT molecular complexity index is 1330. The summed E-state index contributed by atoms with van der Waals surface area (Å²) in [6.07, 6.45) is 1.86. The third-order valence-electron chi connectivity index (χ3n) is 5.26. The number of fused-ring (bicyclic) bond motifs is 2. The van der Waals surface area contributed by atoms with E-state index < -0.39 is 0 Å². The van der Waals surface area contributed by atoms with E-state index in [0.29, 0.717) is 29.4 Å². The van der Waals surface area contributed by atoms with Crippen molar-refractivity contribution in [3.8, 4) is 0 Å². The highest BCUT2D eigenvalue weighted by Crippen LogP contribution is 2.38. The lowest BCUT2D eigenvalue weighted by Crippen LogP contribution is -2.35. The molecule has 0 spiro atoms. The zero-order chi connectivity index (χ0) is 22.1. The van der Waals surface area contributed by atoms with E-state index in [0.717, 1.165) is 27.0 Å². The molecule has 0 radical (unpaired) electrons. The van der Waals surface area contributed by atoms with Crippen molar-refractivity contribution in [1.82, 2.24) is 4.98 Å². The topological polar surface area (TPSA) is 103 Å². The minimum absolute atomic E-state index is 0.0192. The normalized spacial score (nSPS) is 13.1. The van der Waals surface area contributed by atoms with Crippen LogP contribution in [0.25, 0.3) is 10.9 Å². The van der Waals surface area contributed by atoms with Crippen LogP contribution >= 0.6 is 11.8 Å². The highest BCUT2D eigenvalue weighted by atomic mass is 32.2. The van der Waals surface area contributed by atoms with Gasteiger partial charge in [0.05, 0.1) is 18.0 Å². The Labute approximate surface area is 189 Å². The number of H-pyrrole nitrogens is 1. The molecule has 0 bridgehead atoms. The van der Waals surface area contributed by atoms with E-state index in [2.05, 4.69) is 15.6 Å². The average Bonchev–Trinajstić information content (AvgIpc) is 3.24. The Hall–Kier alpha value is -3.91. The van der Waals surface area contributed by atoms with Gasteiger partial charge >= 0.3 is 6.03 Å². The van der Waals surface area contributed by atoms with E-state index in [-0.39, 0.29) is 11.9 Å². The molecular formula is C24H21N5O2S. The first-order valence-electron chi connectivity index (χ1n) is 10.1. The molecule has 160 valence electrons. The third-order valence-corrected chi connectivity index (χ3v) is 6.31. The van der Waals surface area contributed by atoms with Crippen LogP contribution in [0.4, 0.5) is 27.5 Å². The number of amides is 3. The van der Waals surface area contributed by atoms with Gasteiger partial charge in [0.15, 0.2) is 0 Å². The van der Waals surface area contributed by atoms with Crippen molar-refractivity contribution in [3.05, 3.63) is 78.5 Å². The zero-order valence-electron chi connectivity index (χ0n) is 17.1. The van der Waals surface area contributed by atoms with Crippen LogP contribution in [0.15, 0.2) is 77.8 Å². The Morgan fingerprint density at radius 3 is 2.69 bits per heavy atom. The Balaban J connectivity index is 1.35. The van der Waals surface area contributed by atoms with Crippen LogP contribution in [0.3, 0.4) is 0 Å². The minimum atomic E-state index is -0.354. The van der Waals surface area contributed by atoms with Crippen molar-refractivity contribution >= 4 is 57.4 Å². The van der Waals surface area contributed by atoms with Gasteiger partial charge in [0.25, 0.3) is 0 Å². The van der Waals surface area contributed by atoms with Crippen molar-refractivity contribution in [3.63, 3.8) is 0 Å². The van der Waals surface area contributed by atoms with E-state index in [1.54, 1.807) is 4.90 Å². The Morgan fingerprint density at radius 1 is 1.03 bits per heavy atom. The summed E-state index contributed by atoms with van der Waals surface area (Å²) in [5.74, 6) is 0.398. The molecule has 0 saturated carbocycles. The zero-order valence-corrected chi connectivity index (χ0v) is 17.9. The molecule has 0 aliphatic carbocycles. The van der Waals surface area contributed by atoms with Crippen LogP contribution in [-0.4, -0.2) is 22.7 Å². The number of nitrogens with two attached hydrogens (primary N) is 1. The van der Waals surface area contributed by atoms with Crippen molar-refractivity contribution in [2.45, 2.75) is 11.4 Å². The van der Waals surface area contributed by atoms with Gasteiger partial charge in [-0.2, -0.15) is 0 Å². The fourth-order valence-electron chi connectivity index (χ4n) is 3.75. The van der Waals surface area contributed by atoms with Crippen molar-refractivity contribution in [2.24, 2.45) is 0 Å². The molecule has 32 heavy (non-hydrogen) atoms. The number of rotatable bonds is 4. The molecule has 0 fully saturated rings. The fourth-order valence-corrected chi connectivity index (χ4v) is 4.66. The first kappa shape index (κ1) is 20.0. The molecule has 0 unspecified atom stereocenters. The van der Waals surface area contributed by atoms with Crippen molar-refractivity contribution in [1.29, 1.82) is 0 Å². The number of urea groups is 1. The molecule has 3 amide bonds. The van der Waals surface area contributed by atoms with E-state index in [1.807, 2.05) is 72.9 Å². The predicted octanol–water partition coefficient (Wildman–Crippen LogP) is 5.03. The van der Waals surface area contributed by atoms with Crippen LogP contribution < -0.4 is 21.3 Å². The second-order valence-electron chi connectivity index (χ2n) is 7.55. The van der Waals surface area contributed by atoms with Crippen LogP contribution in [0, 0.1) is 0 Å². The molecule has 4 aromatic rings. The number of nitrogens with one attached hydrogen (secondary N) is 3. The minimum Gasteiger partial charge on any atom is -0.399 e. The highest BCUT2D eigenvalue weighted by Gasteiger charge is 2.25. The van der Waals surface area contributed by atoms with Gasteiger partial charge in [-0.05, 0) is 59.5 Å². The number of thioether (sulfide) groups is 1. The van der Waals surface area contributed by atoms with E-state index in [4.69, 9.17) is 5.73 Å². The van der Waals surface area contributed by atoms with Gasteiger partial charge in [-0.1, -0.05) is 18.2 Å². The Morgan fingerprint density at radius 2 is 1.84 bits per heavy atom. The van der Waals surface area contributed by atoms with E-state index in [9.17, 15) is 9.59 Å². The summed E-state index contributed by atoms with van der Waals surface area (Å²) in [6, 6.07) is 20.4. The van der Waals surface area contributed by atoms with Gasteiger partial charge < -0.3 is 26.3 Å². The van der Waals surface area contributed by atoms with Gasteiger partial charge in [-0.15, -0.1) is 11.8 Å². The number of carbonyl (C=O) groups is 2. The predicted molar refractivity (Wildman–Crippen MR) is 130 cm³/mol. The average molecular weight is 444 g/mol. The van der Waals surface area contributed by atoms with E-state index >= 15 is 0 Å². The quantitative estimate of drug-likeness (QED) is 0.332. The summed E-state index contributed by atoms with van der Waals surface area (Å²) in [5.41, 5.74) is 10.5. The van der Waals surface area contributed by atoms with E-state index in [1.165, 1.54) is 11.8 Å². The summed E-state index contributed by atoms with van der Waals surface area (Å²) in [7, 11) is 0. The molecule has 0 saturated heterocycles. The lowest BCUT2D eigenvalue weighted by atomic mass is 10.1. The SMILES string of the molecule is Nc1cccc(CN2C(=O)CSc3ccc(NC(=O)Nc4ccc5cc[nH]c5c4)cc32)c1. The van der Waals surface area contributed by atoms with Gasteiger partial charge in [-0.3, -0.25) is 4.79 Å². The molecule has 1 aliphatic rings. The number of carbonyl (C=O) groups excluding carboxylic acids is 2. The third kappa shape index (κ3) is 4.13. The lowest BCUT2D eigenvalue weighted by Gasteiger charge is -2.29. The second-order valence-corrected chi connectivity index (χ2v) is 8.57. The summed E-state index contributed by atoms with van der Waals surface area (Å²) in [4.78, 5) is 31.1. The maximum Gasteiger partial charge on any atom is 0.323 e. The number of nitrogen functional groups attached to an aromatic ring is 1. The number of nitrogens with zero attached hydrogens (tertiary/aromatic N) is 1. The van der Waals surface area contributed by atoms with Gasteiger partial charge in [0, 0.05) is 33.7 Å². The Kier molecular flexibility index (Phi) is 5.20. The number of aromatic amines is 1. The maximum atomic E-state index is 12.7. The summed E-state index contributed by atoms with van der Waals surface area (Å²) < 4.78 is 0. The van der Waals surface area contributed by atoms with Gasteiger partial charge in [0.1, 0.15) is 0 Å². The number of aromatic nitrogens is 1. The molecule has 8 heteroatoms. The van der Waals surface area contributed by atoms with Crippen LogP contribution in [0.2, 0.25) is 0 Å². The first-order valence-corrected chi connectivity index (χ1v) is 11.1. The monoisotopic (exact) mass is 443 g/mol. The highest BCUT2D eigenvalue weighted by molar-refractivity contribution is 8.00. The molecule has 1 aromatic heterocycles. The number of hydrogen-bond donors (Lipinski definition) is 4. The number of benzene rings is 3. The summed E-state index contributed by atoms with van der Waals surface area (Å²) in [5, 5.41) is 6.79. The maximum absolute atomic E-state index is 12.7. The summed E-state index contributed by atoms with van der Waals surface area (Å²) >= 11 is 1.50. The fraction of sp³-hybridized carbons (Fsp3) is 0.0833. The first-order chi connectivity index (χ1) is 15.5. The van der Waals surface area contributed by atoms with Crippen LogP contribution in [0.5, 0.6) is 0 Å². The van der Waals surface area contributed by atoms with Crippen LogP contribution in [-0.2, 0) is 11.3 Å². The number of hydrogen-bond acceptors (Lipinski definition) is 4. The smallest absolute Gasteiger partial charge is 0.323 e. The standard InChI is InChI=1S/C24H21N5O2S/c25-17-3-1-2-15(10-17)13-29-21-12-19(6-7-22(21)32-14-23(29)30)28-24(31)27-18-5-4-16-8-9-26-20(16)11-18/h1-12,26H,13-14,25H2,(H2,27,28,31). The molecule has 3 aromatic carbocycles. The molecule has 0 atom stereocenters. The largest absolute Gasteiger partial charge is 0.399 e. The molecule has 1 aliphatic heterocycles. The van der Waals surface area contributed by atoms with Crippen molar-refractivity contribution < 1.29 is 9.59 Å². The van der Waals surface area contributed by atoms with Gasteiger partial charge in [0.2, 0.25) is 5.91 Å². The van der Waals surface area contributed by atoms with Crippen LogP contribution in [0.1, 0.15) is 5.56 Å². The summed E-state index contributed by atoms with van der Waals surface area (Å²) in [6.45, 7) is 0.420. The molecule has 7 nitrogen and oxygen atoms in total. The van der Waals surface area contributed by atoms with Gasteiger partial charge in [-0.25, -0.2) is 4.79 Å². The second kappa shape index (κ2) is 8.32. The van der Waals surface area contributed by atoms with Crippen molar-refractivity contribution in [2.75, 3.05) is 27.0 Å². The number of anilines is 4.